The fourth-order valence-corrected chi connectivity index (χ4v) is 3.88. The van der Waals surface area contributed by atoms with Gasteiger partial charge in [0.1, 0.15) is 18.2 Å². The summed E-state index contributed by atoms with van der Waals surface area (Å²) in [7, 11) is 0. The highest BCUT2D eigenvalue weighted by molar-refractivity contribution is 5.79. The molecule has 6 nitrogen and oxygen atoms in total. The molecule has 0 bridgehead atoms. The van der Waals surface area contributed by atoms with Crippen LogP contribution in [0.1, 0.15) is 29.4 Å². The average molecular weight is 443 g/mol. The number of hydrogen-bond donors (Lipinski definition) is 0. The maximum absolute atomic E-state index is 14.0. The molecule has 4 aromatic rings. The van der Waals surface area contributed by atoms with E-state index in [4.69, 9.17) is 9.26 Å². The van der Waals surface area contributed by atoms with Crippen molar-refractivity contribution in [2.24, 2.45) is 0 Å². The predicted octanol–water partition coefficient (Wildman–Crippen LogP) is 4.97. The molecule has 1 amide bonds. The van der Waals surface area contributed by atoms with Crippen LogP contribution in [0.2, 0.25) is 0 Å². The molecule has 0 saturated carbocycles. The van der Waals surface area contributed by atoms with E-state index >= 15 is 0 Å². The topological polar surface area (TPSA) is 68.5 Å². The van der Waals surface area contributed by atoms with Crippen LogP contribution in [0, 0.1) is 5.82 Å². The SMILES string of the molecule is O=C1CC(c2nc(-c3ccc(OCc4ccccc4)cc3)no2)CN1Cc1ccccc1F. The number of carbonyl (C=O) groups excluding carboxylic acids is 1. The number of rotatable bonds is 7. The zero-order chi connectivity index (χ0) is 22.6. The predicted molar refractivity (Wildman–Crippen MR) is 120 cm³/mol. The Kier molecular flexibility index (Phi) is 5.85. The lowest BCUT2D eigenvalue weighted by Crippen LogP contribution is -2.24. The van der Waals surface area contributed by atoms with Gasteiger partial charge < -0.3 is 14.2 Å². The number of amides is 1. The van der Waals surface area contributed by atoms with Gasteiger partial charge in [0, 0.05) is 30.6 Å². The summed E-state index contributed by atoms with van der Waals surface area (Å²) in [5.41, 5.74) is 2.39. The number of halogens is 1. The van der Waals surface area contributed by atoms with Crippen molar-refractivity contribution >= 4 is 5.91 Å². The number of hydrogen-bond acceptors (Lipinski definition) is 5. The minimum absolute atomic E-state index is 0.0529. The molecule has 1 aliphatic rings. The minimum atomic E-state index is -0.315. The third-order valence-corrected chi connectivity index (χ3v) is 5.69. The zero-order valence-corrected chi connectivity index (χ0v) is 17.9. The molecule has 1 saturated heterocycles. The second-order valence-electron chi connectivity index (χ2n) is 8.02. The van der Waals surface area contributed by atoms with E-state index in [-0.39, 0.29) is 30.6 Å². The van der Waals surface area contributed by atoms with Crippen molar-refractivity contribution in [1.82, 2.24) is 15.0 Å². The Hall–Kier alpha value is -4.00. The molecule has 1 atom stereocenters. The van der Waals surface area contributed by atoms with E-state index in [2.05, 4.69) is 10.1 Å². The van der Waals surface area contributed by atoms with Crippen molar-refractivity contribution in [2.75, 3.05) is 6.54 Å². The highest BCUT2D eigenvalue weighted by atomic mass is 19.1. The molecule has 1 aliphatic heterocycles. The molecular weight excluding hydrogens is 421 g/mol. The van der Waals surface area contributed by atoms with Crippen molar-refractivity contribution < 1.29 is 18.4 Å². The molecule has 0 aliphatic carbocycles. The van der Waals surface area contributed by atoms with E-state index < -0.39 is 0 Å². The van der Waals surface area contributed by atoms with Gasteiger partial charge in [-0.1, -0.05) is 53.7 Å². The second-order valence-corrected chi connectivity index (χ2v) is 8.02. The Bertz CT molecular complexity index is 1240. The van der Waals surface area contributed by atoms with Crippen LogP contribution in [0.15, 0.2) is 83.4 Å². The Morgan fingerprint density at radius 2 is 1.76 bits per heavy atom. The van der Waals surface area contributed by atoms with Crippen LogP contribution in [0.4, 0.5) is 4.39 Å². The summed E-state index contributed by atoms with van der Waals surface area (Å²) >= 11 is 0. The number of benzene rings is 3. The van der Waals surface area contributed by atoms with Crippen LogP contribution >= 0.6 is 0 Å². The summed E-state index contributed by atoms with van der Waals surface area (Å²) < 4.78 is 25.2. The smallest absolute Gasteiger partial charge is 0.232 e. The fourth-order valence-electron chi connectivity index (χ4n) is 3.88. The molecule has 1 fully saturated rings. The van der Waals surface area contributed by atoms with Crippen LogP contribution in [-0.2, 0) is 17.9 Å². The standard InChI is InChI=1S/C26H22FN3O3/c27-23-9-5-4-8-20(23)15-30-16-21(14-24(30)31)26-28-25(29-33-26)19-10-12-22(13-11-19)32-17-18-6-2-1-3-7-18/h1-13,21H,14-17H2. The summed E-state index contributed by atoms with van der Waals surface area (Å²) in [5, 5.41) is 4.09. The number of nitrogens with zero attached hydrogens (tertiary/aromatic N) is 3. The van der Waals surface area contributed by atoms with Crippen molar-refractivity contribution in [2.45, 2.75) is 25.5 Å². The van der Waals surface area contributed by atoms with Gasteiger partial charge in [0.15, 0.2) is 0 Å². The first-order chi connectivity index (χ1) is 16.2. The van der Waals surface area contributed by atoms with Gasteiger partial charge in [0.25, 0.3) is 0 Å². The third-order valence-electron chi connectivity index (χ3n) is 5.69. The van der Waals surface area contributed by atoms with Crippen LogP contribution in [0.3, 0.4) is 0 Å². The van der Waals surface area contributed by atoms with Gasteiger partial charge >= 0.3 is 0 Å². The summed E-state index contributed by atoms with van der Waals surface area (Å²) in [6.07, 6.45) is 0.266. The molecule has 7 heteroatoms. The Morgan fingerprint density at radius 1 is 1.00 bits per heavy atom. The van der Waals surface area contributed by atoms with Crippen LogP contribution in [0.5, 0.6) is 5.75 Å². The van der Waals surface area contributed by atoms with E-state index in [0.29, 0.717) is 30.4 Å². The van der Waals surface area contributed by atoms with Crippen molar-refractivity contribution in [3.8, 4) is 17.1 Å². The summed E-state index contributed by atoms with van der Waals surface area (Å²) in [4.78, 5) is 18.6. The average Bonchev–Trinajstić information content (AvgIpc) is 3.47. The molecule has 0 spiro atoms. The normalized spacial score (nSPS) is 15.7. The van der Waals surface area contributed by atoms with E-state index in [0.717, 1.165) is 16.9 Å². The van der Waals surface area contributed by atoms with E-state index in [1.165, 1.54) is 6.07 Å². The lowest BCUT2D eigenvalue weighted by Gasteiger charge is -2.16. The summed E-state index contributed by atoms with van der Waals surface area (Å²) in [6, 6.07) is 23.9. The van der Waals surface area contributed by atoms with Crippen LogP contribution in [-0.4, -0.2) is 27.5 Å². The molecule has 0 N–H and O–H groups in total. The van der Waals surface area contributed by atoms with Crippen molar-refractivity contribution in [1.29, 1.82) is 0 Å². The fraction of sp³-hybridized carbons (Fsp3) is 0.192. The Balaban J connectivity index is 1.22. The van der Waals surface area contributed by atoms with Crippen LogP contribution < -0.4 is 4.74 Å². The first kappa shape index (κ1) is 20.9. The number of carbonyl (C=O) groups is 1. The number of aromatic nitrogens is 2. The first-order valence-corrected chi connectivity index (χ1v) is 10.8. The van der Waals surface area contributed by atoms with Gasteiger partial charge in [0.05, 0.1) is 5.92 Å². The molecule has 2 heterocycles. The summed E-state index contributed by atoms with van der Waals surface area (Å²) in [5.74, 6) is 1.04. The highest BCUT2D eigenvalue weighted by Crippen LogP contribution is 2.30. The number of ether oxygens (including phenoxy) is 1. The first-order valence-electron chi connectivity index (χ1n) is 10.8. The Morgan fingerprint density at radius 3 is 2.55 bits per heavy atom. The van der Waals surface area contributed by atoms with Crippen molar-refractivity contribution in [3.05, 3.63) is 102 Å². The monoisotopic (exact) mass is 443 g/mol. The zero-order valence-electron chi connectivity index (χ0n) is 17.9. The third kappa shape index (κ3) is 4.77. The lowest BCUT2D eigenvalue weighted by atomic mass is 10.1. The highest BCUT2D eigenvalue weighted by Gasteiger charge is 2.34. The quantitative estimate of drug-likeness (QED) is 0.403. The molecule has 0 radical (unpaired) electrons. The van der Waals surface area contributed by atoms with E-state index in [1.54, 1.807) is 23.1 Å². The second kappa shape index (κ2) is 9.24. The maximum Gasteiger partial charge on any atom is 0.232 e. The van der Waals surface area contributed by atoms with Gasteiger partial charge in [-0.3, -0.25) is 4.79 Å². The van der Waals surface area contributed by atoms with Gasteiger partial charge in [-0.15, -0.1) is 0 Å². The lowest BCUT2D eigenvalue weighted by molar-refractivity contribution is -0.128. The van der Waals surface area contributed by atoms with Crippen molar-refractivity contribution in [3.63, 3.8) is 0 Å². The summed E-state index contributed by atoms with van der Waals surface area (Å²) in [6.45, 7) is 1.14. The molecule has 1 unspecified atom stereocenters. The van der Waals surface area contributed by atoms with Gasteiger partial charge in [0.2, 0.25) is 17.6 Å². The van der Waals surface area contributed by atoms with E-state index in [1.807, 2.05) is 54.6 Å². The van der Waals surface area contributed by atoms with E-state index in [9.17, 15) is 9.18 Å². The molecular formula is C26H22FN3O3. The molecule has 166 valence electrons. The largest absolute Gasteiger partial charge is 0.489 e. The Labute approximate surface area is 190 Å². The minimum Gasteiger partial charge on any atom is -0.489 e. The number of likely N-dealkylation sites (tertiary alicyclic amines) is 1. The van der Waals surface area contributed by atoms with Gasteiger partial charge in [-0.2, -0.15) is 4.98 Å². The molecule has 3 aromatic carbocycles. The molecule has 5 rings (SSSR count). The maximum atomic E-state index is 14.0. The molecule has 33 heavy (non-hydrogen) atoms. The van der Waals surface area contributed by atoms with Gasteiger partial charge in [-0.25, -0.2) is 4.39 Å². The van der Waals surface area contributed by atoms with Crippen LogP contribution in [0.25, 0.3) is 11.4 Å². The molecule has 1 aromatic heterocycles. The van der Waals surface area contributed by atoms with Gasteiger partial charge in [-0.05, 0) is 35.9 Å².